The molecule has 0 aliphatic heterocycles. The molecule has 4 nitrogen and oxygen atoms in total. The lowest BCUT2D eigenvalue weighted by atomic mass is 10.2. The second kappa shape index (κ2) is 7.81. The number of nitrogens with zero attached hydrogens (tertiary/aromatic N) is 2. The number of aliphatic imine (C=N–C) groups is 1. The summed E-state index contributed by atoms with van der Waals surface area (Å²) in [4.78, 5) is 6.35. The molecule has 0 spiro atoms. The first-order valence-electron chi connectivity index (χ1n) is 5.78. The molecule has 0 bridgehead atoms. The van der Waals surface area contributed by atoms with Crippen molar-refractivity contribution in [2.24, 2.45) is 10.7 Å². The number of ether oxygens (including phenoxy) is 1. The quantitative estimate of drug-likeness (QED) is 0.435. The minimum atomic E-state index is 0.571. The Morgan fingerprint density at radius 3 is 2.59 bits per heavy atom. The molecule has 1 rings (SSSR count). The largest absolute Gasteiger partial charge is 0.384 e. The van der Waals surface area contributed by atoms with Crippen LogP contribution in [0.4, 0.5) is 0 Å². The highest BCUT2D eigenvalue weighted by Crippen LogP contribution is 1.97. The summed E-state index contributed by atoms with van der Waals surface area (Å²) in [6.45, 7) is 2.88. The average Bonchev–Trinajstić information content (AvgIpc) is 2.34. The van der Waals surface area contributed by atoms with E-state index in [4.69, 9.17) is 10.5 Å². The van der Waals surface area contributed by atoms with Crippen molar-refractivity contribution < 1.29 is 4.74 Å². The summed E-state index contributed by atoms with van der Waals surface area (Å²) < 4.78 is 5.43. The third kappa shape index (κ3) is 6.04. The highest BCUT2D eigenvalue weighted by atomic mass is 16.5. The third-order valence-corrected chi connectivity index (χ3v) is 2.27. The van der Waals surface area contributed by atoms with Crippen molar-refractivity contribution in [1.29, 1.82) is 0 Å². The van der Waals surface area contributed by atoms with Crippen molar-refractivity contribution >= 4 is 5.84 Å². The fourth-order valence-electron chi connectivity index (χ4n) is 1.28. The number of nitrogens with two attached hydrogens (primary N) is 1. The maximum atomic E-state index is 5.84. The summed E-state index contributed by atoms with van der Waals surface area (Å²) >= 11 is 0. The van der Waals surface area contributed by atoms with Crippen LogP contribution in [0.1, 0.15) is 5.56 Å². The first kappa shape index (κ1) is 13.7. The molecular formula is C13H21N3O. The van der Waals surface area contributed by atoms with Gasteiger partial charge in [-0.1, -0.05) is 30.3 Å². The van der Waals surface area contributed by atoms with Crippen LogP contribution >= 0.6 is 0 Å². The Balaban J connectivity index is 2.21. The van der Waals surface area contributed by atoms with Gasteiger partial charge in [0, 0.05) is 12.1 Å². The van der Waals surface area contributed by atoms with E-state index >= 15 is 0 Å². The molecule has 4 heteroatoms. The number of hydrogen-bond acceptors (Lipinski definition) is 3. The average molecular weight is 235 g/mol. The van der Waals surface area contributed by atoms with E-state index < -0.39 is 0 Å². The predicted molar refractivity (Wildman–Crippen MR) is 71.4 cm³/mol. The van der Waals surface area contributed by atoms with Crippen molar-refractivity contribution in [1.82, 2.24) is 4.90 Å². The molecule has 0 radical (unpaired) electrons. The Morgan fingerprint density at radius 2 is 1.94 bits per heavy atom. The molecule has 0 fully saturated rings. The maximum absolute atomic E-state index is 5.84. The first-order chi connectivity index (χ1) is 8.20. The van der Waals surface area contributed by atoms with Gasteiger partial charge in [0.05, 0.1) is 19.8 Å². The molecule has 0 saturated heterocycles. The standard InChI is InChI=1S/C13H21N3O/c1-16(2)9-11-17-10-8-15-13(14)12-6-4-3-5-7-12/h3-7H,8-11H2,1-2H3,(H2,14,15). The predicted octanol–water partition coefficient (Wildman–Crippen LogP) is 0.970. The van der Waals surface area contributed by atoms with Gasteiger partial charge in [0.2, 0.25) is 0 Å². The fraction of sp³-hybridized carbons (Fsp3) is 0.462. The van der Waals surface area contributed by atoms with Crippen molar-refractivity contribution in [3.63, 3.8) is 0 Å². The molecular weight excluding hydrogens is 214 g/mol. The van der Waals surface area contributed by atoms with E-state index in [1.54, 1.807) is 0 Å². The lowest BCUT2D eigenvalue weighted by Crippen LogP contribution is -2.19. The molecule has 0 amide bonds. The van der Waals surface area contributed by atoms with E-state index in [2.05, 4.69) is 9.89 Å². The zero-order chi connectivity index (χ0) is 12.5. The zero-order valence-corrected chi connectivity index (χ0v) is 10.6. The van der Waals surface area contributed by atoms with Crippen molar-refractivity contribution in [3.8, 4) is 0 Å². The lowest BCUT2D eigenvalue weighted by molar-refractivity contribution is 0.124. The summed E-state index contributed by atoms with van der Waals surface area (Å²) in [6, 6.07) is 9.76. The molecule has 1 aromatic rings. The highest BCUT2D eigenvalue weighted by Gasteiger charge is 1.95. The first-order valence-corrected chi connectivity index (χ1v) is 5.78. The van der Waals surface area contributed by atoms with Crippen molar-refractivity contribution in [3.05, 3.63) is 35.9 Å². The molecule has 0 saturated carbocycles. The monoisotopic (exact) mass is 235 g/mol. The van der Waals surface area contributed by atoms with Gasteiger partial charge in [-0.3, -0.25) is 4.99 Å². The molecule has 1 aromatic carbocycles. The van der Waals surface area contributed by atoms with Crippen LogP contribution < -0.4 is 5.73 Å². The van der Waals surface area contributed by atoms with E-state index in [0.29, 0.717) is 19.0 Å². The van der Waals surface area contributed by atoms with Crippen LogP contribution in [0, 0.1) is 0 Å². The molecule has 17 heavy (non-hydrogen) atoms. The van der Waals surface area contributed by atoms with Gasteiger partial charge in [0.1, 0.15) is 5.84 Å². The number of rotatable bonds is 7. The molecule has 94 valence electrons. The van der Waals surface area contributed by atoms with E-state index in [9.17, 15) is 0 Å². The van der Waals surface area contributed by atoms with Gasteiger partial charge in [0.15, 0.2) is 0 Å². The van der Waals surface area contributed by atoms with Gasteiger partial charge in [-0.05, 0) is 14.1 Å². The van der Waals surface area contributed by atoms with E-state index in [1.165, 1.54) is 0 Å². The van der Waals surface area contributed by atoms with E-state index in [0.717, 1.165) is 18.7 Å². The van der Waals surface area contributed by atoms with Crippen LogP contribution in [-0.4, -0.2) is 51.1 Å². The van der Waals surface area contributed by atoms with Crippen LogP contribution in [0.5, 0.6) is 0 Å². The van der Waals surface area contributed by atoms with E-state index in [1.807, 2.05) is 44.4 Å². The van der Waals surface area contributed by atoms with Crippen molar-refractivity contribution in [2.45, 2.75) is 0 Å². The lowest BCUT2D eigenvalue weighted by Gasteiger charge is -2.09. The van der Waals surface area contributed by atoms with Gasteiger partial charge in [-0.25, -0.2) is 0 Å². The zero-order valence-electron chi connectivity index (χ0n) is 10.6. The van der Waals surface area contributed by atoms with Gasteiger partial charge >= 0.3 is 0 Å². The number of likely N-dealkylation sites (N-methyl/N-ethyl adjacent to an activating group) is 1. The van der Waals surface area contributed by atoms with Gasteiger partial charge in [-0.15, -0.1) is 0 Å². The number of benzene rings is 1. The molecule has 2 N–H and O–H groups in total. The van der Waals surface area contributed by atoms with Crippen LogP contribution in [0.15, 0.2) is 35.3 Å². The van der Waals surface area contributed by atoms with Crippen LogP contribution in [0.2, 0.25) is 0 Å². The Morgan fingerprint density at radius 1 is 1.24 bits per heavy atom. The molecule has 0 atom stereocenters. The Labute approximate surface area is 103 Å². The Kier molecular flexibility index (Phi) is 6.29. The molecule has 0 aliphatic rings. The molecule has 0 aliphatic carbocycles. The SMILES string of the molecule is CN(C)CCOCCN=C(N)c1ccccc1. The van der Waals surface area contributed by atoms with Gasteiger partial charge in [0.25, 0.3) is 0 Å². The van der Waals surface area contributed by atoms with E-state index in [-0.39, 0.29) is 0 Å². The smallest absolute Gasteiger partial charge is 0.125 e. The Bertz CT molecular complexity index is 336. The minimum absolute atomic E-state index is 0.571. The van der Waals surface area contributed by atoms with Gasteiger partial charge < -0.3 is 15.4 Å². The second-order valence-electron chi connectivity index (χ2n) is 4.05. The summed E-state index contributed by atoms with van der Waals surface area (Å²) in [7, 11) is 4.05. The number of hydrogen-bond donors (Lipinski definition) is 1. The van der Waals surface area contributed by atoms with Crippen LogP contribution in [0.25, 0.3) is 0 Å². The summed E-state index contributed by atoms with van der Waals surface area (Å²) in [5, 5.41) is 0. The summed E-state index contributed by atoms with van der Waals surface area (Å²) in [5.41, 5.74) is 6.80. The summed E-state index contributed by atoms with van der Waals surface area (Å²) in [6.07, 6.45) is 0. The second-order valence-corrected chi connectivity index (χ2v) is 4.05. The normalized spacial score (nSPS) is 12.1. The fourth-order valence-corrected chi connectivity index (χ4v) is 1.28. The van der Waals surface area contributed by atoms with Crippen molar-refractivity contribution in [2.75, 3.05) is 40.4 Å². The van der Waals surface area contributed by atoms with Crippen LogP contribution in [-0.2, 0) is 4.74 Å². The Hall–Kier alpha value is -1.39. The molecule has 0 heterocycles. The summed E-state index contributed by atoms with van der Waals surface area (Å²) in [5.74, 6) is 0.571. The third-order valence-electron chi connectivity index (χ3n) is 2.27. The topological polar surface area (TPSA) is 50.8 Å². The molecule has 0 unspecified atom stereocenters. The minimum Gasteiger partial charge on any atom is -0.384 e. The highest BCUT2D eigenvalue weighted by molar-refractivity contribution is 5.97. The maximum Gasteiger partial charge on any atom is 0.125 e. The molecule has 0 aromatic heterocycles. The number of amidine groups is 1. The van der Waals surface area contributed by atoms with Gasteiger partial charge in [-0.2, -0.15) is 0 Å². The van der Waals surface area contributed by atoms with Crippen LogP contribution in [0.3, 0.4) is 0 Å².